The van der Waals surface area contributed by atoms with Gasteiger partial charge in [0.2, 0.25) is 0 Å². The van der Waals surface area contributed by atoms with E-state index in [1.807, 2.05) is 18.2 Å². The third-order valence-electron chi connectivity index (χ3n) is 3.40. The molecule has 0 N–H and O–H groups in total. The van der Waals surface area contributed by atoms with E-state index in [-0.39, 0.29) is 5.60 Å². The maximum absolute atomic E-state index is 5.70. The standard InChI is InChI=1S/C16H26O2/c1-6-12-16(5,7-2)18-17-15-11-9-8-10-14(15)13(3)4/h8-11,13H,6-7,12H2,1-5H3. The van der Waals surface area contributed by atoms with Gasteiger partial charge < -0.3 is 4.89 Å². The smallest absolute Gasteiger partial charge is 0.168 e. The van der Waals surface area contributed by atoms with Crippen molar-refractivity contribution >= 4 is 0 Å². The molecular weight excluding hydrogens is 224 g/mol. The number of rotatable bonds is 7. The Morgan fingerprint density at radius 3 is 2.39 bits per heavy atom. The highest BCUT2D eigenvalue weighted by molar-refractivity contribution is 5.35. The summed E-state index contributed by atoms with van der Waals surface area (Å²) in [4.78, 5) is 11.3. The Hall–Kier alpha value is -1.02. The van der Waals surface area contributed by atoms with Crippen molar-refractivity contribution in [3.8, 4) is 5.75 Å². The van der Waals surface area contributed by atoms with Gasteiger partial charge in [-0.2, -0.15) is 4.89 Å². The van der Waals surface area contributed by atoms with Crippen molar-refractivity contribution in [3.63, 3.8) is 0 Å². The summed E-state index contributed by atoms with van der Waals surface area (Å²) >= 11 is 0. The average molecular weight is 250 g/mol. The summed E-state index contributed by atoms with van der Waals surface area (Å²) in [6.07, 6.45) is 3.05. The Labute approximate surface area is 111 Å². The largest absolute Gasteiger partial charge is 0.337 e. The first kappa shape index (κ1) is 15.0. The highest BCUT2D eigenvalue weighted by Crippen LogP contribution is 2.29. The summed E-state index contributed by atoms with van der Waals surface area (Å²) in [7, 11) is 0. The van der Waals surface area contributed by atoms with E-state index in [4.69, 9.17) is 9.78 Å². The lowest BCUT2D eigenvalue weighted by molar-refractivity contribution is -0.290. The fourth-order valence-corrected chi connectivity index (χ4v) is 1.99. The van der Waals surface area contributed by atoms with E-state index in [0.717, 1.165) is 25.0 Å². The Balaban J connectivity index is 2.73. The second-order valence-electron chi connectivity index (χ2n) is 5.41. The summed E-state index contributed by atoms with van der Waals surface area (Å²) in [6.45, 7) is 10.7. The van der Waals surface area contributed by atoms with E-state index in [2.05, 4.69) is 40.7 Å². The molecule has 0 aliphatic rings. The molecule has 1 aromatic rings. The second kappa shape index (κ2) is 6.79. The maximum Gasteiger partial charge on any atom is 0.168 e. The van der Waals surface area contributed by atoms with E-state index >= 15 is 0 Å². The van der Waals surface area contributed by atoms with E-state index in [1.54, 1.807) is 0 Å². The summed E-state index contributed by atoms with van der Waals surface area (Å²) in [6, 6.07) is 8.07. The Morgan fingerprint density at radius 1 is 1.17 bits per heavy atom. The molecule has 0 aromatic heterocycles. The van der Waals surface area contributed by atoms with Crippen LogP contribution in [0.25, 0.3) is 0 Å². The molecular formula is C16H26O2. The highest BCUT2D eigenvalue weighted by atomic mass is 17.2. The molecule has 0 fully saturated rings. The van der Waals surface area contributed by atoms with Gasteiger partial charge in [-0.1, -0.05) is 52.3 Å². The van der Waals surface area contributed by atoms with E-state index in [1.165, 1.54) is 5.56 Å². The Kier molecular flexibility index (Phi) is 5.67. The predicted molar refractivity (Wildman–Crippen MR) is 75.8 cm³/mol. The predicted octanol–water partition coefficient (Wildman–Crippen LogP) is 5.09. The lowest BCUT2D eigenvalue weighted by Gasteiger charge is -2.27. The lowest BCUT2D eigenvalue weighted by atomic mass is 9.98. The van der Waals surface area contributed by atoms with Gasteiger partial charge in [0.05, 0.1) is 0 Å². The van der Waals surface area contributed by atoms with Crippen LogP contribution in [0.5, 0.6) is 5.75 Å². The van der Waals surface area contributed by atoms with Crippen molar-refractivity contribution in [2.45, 2.75) is 65.4 Å². The van der Waals surface area contributed by atoms with Crippen molar-refractivity contribution in [1.29, 1.82) is 0 Å². The van der Waals surface area contributed by atoms with Gasteiger partial charge in [-0.25, -0.2) is 0 Å². The molecule has 1 unspecified atom stereocenters. The highest BCUT2D eigenvalue weighted by Gasteiger charge is 2.24. The molecule has 2 heteroatoms. The number of hydrogen-bond acceptors (Lipinski definition) is 2. The first-order valence-corrected chi connectivity index (χ1v) is 6.97. The Morgan fingerprint density at radius 2 is 1.83 bits per heavy atom. The van der Waals surface area contributed by atoms with Crippen LogP contribution in [0.2, 0.25) is 0 Å². The van der Waals surface area contributed by atoms with Crippen LogP contribution in [0.3, 0.4) is 0 Å². The summed E-state index contributed by atoms with van der Waals surface area (Å²) in [5, 5.41) is 0. The van der Waals surface area contributed by atoms with Gasteiger partial charge >= 0.3 is 0 Å². The molecule has 0 aliphatic heterocycles. The SMILES string of the molecule is CCCC(C)(CC)OOc1ccccc1C(C)C. The zero-order valence-electron chi connectivity index (χ0n) is 12.3. The van der Waals surface area contributed by atoms with E-state index in [9.17, 15) is 0 Å². The third kappa shape index (κ3) is 4.02. The minimum absolute atomic E-state index is 0.196. The van der Waals surface area contributed by atoms with Crippen LogP contribution in [-0.4, -0.2) is 5.60 Å². The second-order valence-corrected chi connectivity index (χ2v) is 5.41. The minimum atomic E-state index is -0.196. The lowest BCUT2D eigenvalue weighted by Crippen LogP contribution is -2.29. The van der Waals surface area contributed by atoms with Crippen LogP contribution in [0.4, 0.5) is 0 Å². The number of hydrogen-bond donors (Lipinski definition) is 0. The molecule has 18 heavy (non-hydrogen) atoms. The van der Waals surface area contributed by atoms with Crippen LogP contribution in [-0.2, 0) is 4.89 Å². The zero-order chi connectivity index (χ0) is 13.6. The molecule has 0 aliphatic carbocycles. The monoisotopic (exact) mass is 250 g/mol. The molecule has 102 valence electrons. The molecule has 0 bridgehead atoms. The van der Waals surface area contributed by atoms with E-state index < -0.39 is 0 Å². The summed E-state index contributed by atoms with van der Waals surface area (Å²) in [5.74, 6) is 1.27. The number of benzene rings is 1. The number of para-hydroxylation sites is 1. The third-order valence-corrected chi connectivity index (χ3v) is 3.40. The summed E-state index contributed by atoms with van der Waals surface area (Å²) < 4.78 is 0. The first-order valence-electron chi connectivity index (χ1n) is 6.97. The molecule has 1 rings (SSSR count). The maximum atomic E-state index is 5.70. The fourth-order valence-electron chi connectivity index (χ4n) is 1.99. The van der Waals surface area contributed by atoms with Gasteiger partial charge in [0.15, 0.2) is 5.75 Å². The minimum Gasteiger partial charge on any atom is -0.337 e. The normalized spacial score (nSPS) is 14.6. The van der Waals surface area contributed by atoms with Crippen molar-refractivity contribution < 1.29 is 9.78 Å². The topological polar surface area (TPSA) is 18.5 Å². The molecule has 0 saturated carbocycles. The zero-order valence-corrected chi connectivity index (χ0v) is 12.3. The van der Waals surface area contributed by atoms with Crippen molar-refractivity contribution in [2.24, 2.45) is 0 Å². The quantitative estimate of drug-likeness (QED) is 0.495. The average Bonchev–Trinajstić information content (AvgIpc) is 2.37. The molecule has 0 amide bonds. The molecule has 0 spiro atoms. The van der Waals surface area contributed by atoms with Crippen LogP contribution in [0.1, 0.15) is 65.4 Å². The first-order chi connectivity index (χ1) is 8.52. The van der Waals surface area contributed by atoms with Crippen LogP contribution in [0, 0.1) is 0 Å². The van der Waals surface area contributed by atoms with Gasteiger partial charge in [0.1, 0.15) is 5.60 Å². The molecule has 1 aromatic carbocycles. The van der Waals surface area contributed by atoms with Crippen molar-refractivity contribution in [3.05, 3.63) is 29.8 Å². The van der Waals surface area contributed by atoms with Gasteiger partial charge in [-0.15, -0.1) is 0 Å². The summed E-state index contributed by atoms with van der Waals surface area (Å²) in [5.41, 5.74) is 0.992. The molecule has 0 radical (unpaired) electrons. The molecule has 0 heterocycles. The van der Waals surface area contributed by atoms with Crippen LogP contribution >= 0.6 is 0 Å². The molecule has 0 saturated heterocycles. The van der Waals surface area contributed by atoms with Gasteiger partial charge in [-0.3, -0.25) is 0 Å². The molecule has 1 atom stereocenters. The van der Waals surface area contributed by atoms with Crippen molar-refractivity contribution in [2.75, 3.05) is 0 Å². The van der Waals surface area contributed by atoms with Gasteiger partial charge in [0.25, 0.3) is 0 Å². The van der Waals surface area contributed by atoms with Gasteiger partial charge in [0, 0.05) is 5.56 Å². The van der Waals surface area contributed by atoms with Gasteiger partial charge in [-0.05, 0) is 31.7 Å². The Bertz CT molecular complexity index is 360. The van der Waals surface area contributed by atoms with E-state index in [0.29, 0.717) is 5.92 Å². The fraction of sp³-hybridized carbons (Fsp3) is 0.625. The molecule has 2 nitrogen and oxygen atoms in total. The van der Waals surface area contributed by atoms with Crippen LogP contribution in [0.15, 0.2) is 24.3 Å². The van der Waals surface area contributed by atoms with Crippen molar-refractivity contribution in [1.82, 2.24) is 0 Å². The van der Waals surface area contributed by atoms with Crippen LogP contribution < -0.4 is 4.89 Å².